The Labute approximate surface area is 179 Å². The quantitative estimate of drug-likeness (QED) is 0.362. The maximum atomic E-state index is 11.8. The van der Waals surface area contributed by atoms with Gasteiger partial charge in [-0.15, -0.1) is 24.0 Å². The number of halogens is 1. The first-order valence-electron chi connectivity index (χ1n) is 8.36. The number of hydrogen-bond acceptors (Lipinski definition) is 3. The molecule has 0 fully saturated rings. The van der Waals surface area contributed by atoms with Gasteiger partial charge in [0.2, 0.25) is 10.0 Å². The summed E-state index contributed by atoms with van der Waals surface area (Å²) in [4.78, 5) is 6.64. The molecule has 0 aliphatic carbocycles. The fourth-order valence-electron chi connectivity index (χ4n) is 2.59. The molecule has 2 aromatic rings. The van der Waals surface area contributed by atoms with Crippen molar-refractivity contribution in [1.29, 1.82) is 0 Å². The zero-order valence-electron chi connectivity index (χ0n) is 16.1. The molecule has 0 unspecified atom stereocenters. The number of aryl methyl sites for hydroxylation is 1. The molecule has 0 aliphatic rings. The van der Waals surface area contributed by atoms with Gasteiger partial charge in [-0.05, 0) is 42.8 Å². The van der Waals surface area contributed by atoms with E-state index in [1.165, 1.54) is 18.2 Å². The molecule has 0 bridgehead atoms. The van der Waals surface area contributed by atoms with Crippen LogP contribution in [-0.2, 0) is 23.1 Å². The molecule has 0 spiro atoms. The molecule has 0 radical (unpaired) electrons. The molecular weight excluding hydrogens is 475 g/mol. The first-order valence-corrected chi connectivity index (χ1v) is 9.84. The number of rotatable bonds is 6. The molecule has 27 heavy (non-hydrogen) atoms. The molecule has 8 heteroatoms. The van der Waals surface area contributed by atoms with Crippen LogP contribution in [-0.4, -0.2) is 40.4 Å². The fraction of sp³-hybridized carbons (Fsp3) is 0.316. The topological polar surface area (TPSA) is 73.8 Å². The van der Waals surface area contributed by atoms with Crippen LogP contribution in [0.3, 0.4) is 0 Å². The molecule has 0 saturated carbocycles. The zero-order valence-corrected chi connectivity index (χ0v) is 19.2. The van der Waals surface area contributed by atoms with Crippen molar-refractivity contribution in [2.24, 2.45) is 4.99 Å². The summed E-state index contributed by atoms with van der Waals surface area (Å²) in [5.41, 5.74) is 3.47. The average molecular weight is 502 g/mol. The second-order valence-electron chi connectivity index (χ2n) is 6.03. The first-order chi connectivity index (χ1) is 12.4. The Morgan fingerprint density at radius 3 is 2.30 bits per heavy atom. The van der Waals surface area contributed by atoms with Crippen LogP contribution in [0.2, 0.25) is 0 Å². The molecule has 0 heterocycles. The van der Waals surface area contributed by atoms with Gasteiger partial charge in [0.15, 0.2) is 5.96 Å². The van der Waals surface area contributed by atoms with Crippen LogP contribution in [0.4, 0.5) is 0 Å². The van der Waals surface area contributed by atoms with Crippen LogP contribution in [0, 0.1) is 6.92 Å². The highest BCUT2D eigenvalue weighted by molar-refractivity contribution is 14.0. The molecule has 0 atom stereocenters. The minimum Gasteiger partial charge on any atom is -0.352 e. The number of benzene rings is 2. The van der Waals surface area contributed by atoms with Gasteiger partial charge in [0.25, 0.3) is 0 Å². The molecule has 0 aliphatic heterocycles. The predicted octanol–water partition coefficient (Wildman–Crippen LogP) is 2.73. The lowest BCUT2D eigenvalue weighted by Crippen LogP contribution is -2.38. The maximum absolute atomic E-state index is 11.8. The van der Waals surface area contributed by atoms with Crippen LogP contribution < -0.4 is 10.0 Å². The number of sulfonamides is 1. The highest BCUT2D eigenvalue weighted by Gasteiger charge is 2.11. The van der Waals surface area contributed by atoms with E-state index in [0.717, 1.165) is 18.1 Å². The van der Waals surface area contributed by atoms with E-state index in [-0.39, 0.29) is 28.9 Å². The van der Waals surface area contributed by atoms with Gasteiger partial charge in [0.05, 0.1) is 4.90 Å². The van der Waals surface area contributed by atoms with Crippen molar-refractivity contribution in [2.45, 2.75) is 24.9 Å². The van der Waals surface area contributed by atoms with E-state index in [2.05, 4.69) is 39.0 Å². The number of aliphatic imine (C=N–C) groups is 1. The summed E-state index contributed by atoms with van der Waals surface area (Å²) in [6, 6.07) is 15.1. The Morgan fingerprint density at radius 1 is 1.11 bits per heavy atom. The van der Waals surface area contributed by atoms with Crippen LogP contribution in [0.25, 0.3) is 0 Å². The second kappa shape index (κ2) is 10.6. The van der Waals surface area contributed by atoms with Gasteiger partial charge in [0.1, 0.15) is 0 Å². The summed E-state index contributed by atoms with van der Waals surface area (Å²) >= 11 is 0. The number of hydrogen-bond donors (Lipinski definition) is 2. The second-order valence-corrected chi connectivity index (χ2v) is 7.92. The predicted molar refractivity (Wildman–Crippen MR) is 121 cm³/mol. The third-order valence-corrected chi connectivity index (χ3v) is 5.63. The average Bonchev–Trinajstić information content (AvgIpc) is 2.64. The third kappa shape index (κ3) is 6.47. The van der Waals surface area contributed by atoms with Gasteiger partial charge in [-0.3, -0.25) is 4.99 Å². The van der Waals surface area contributed by atoms with Crippen LogP contribution in [0.1, 0.15) is 16.7 Å². The molecule has 2 N–H and O–H groups in total. The van der Waals surface area contributed by atoms with Crippen molar-refractivity contribution >= 4 is 40.0 Å². The summed E-state index contributed by atoms with van der Waals surface area (Å²) in [5.74, 6) is 0.778. The minimum atomic E-state index is -3.41. The molecule has 0 saturated heterocycles. The lowest BCUT2D eigenvalue weighted by molar-refractivity contribution is 0.475. The van der Waals surface area contributed by atoms with Crippen LogP contribution >= 0.6 is 24.0 Å². The van der Waals surface area contributed by atoms with Crippen molar-refractivity contribution in [2.75, 3.05) is 21.1 Å². The van der Waals surface area contributed by atoms with E-state index in [4.69, 9.17) is 0 Å². The molecule has 0 aromatic heterocycles. The van der Waals surface area contributed by atoms with E-state index < -0.39 is 10.0 Å². The summed E-state index contributed by atoms with van der Waals surface area (Å²) in [7, 11) is 1.74. The molecule has 0 amide bonds. The zero-order chi connectivity index (χ0) is 19.2. The van der Waals surface area contributed by atoms with E-state index in [9.17, 15) is 8.42 Å². The Bertz CT molecular complexity index is 868. The molecule has 6 nitrogen and oxygen atoms in total. The lowest BCUT2D eigenvalue weighted by Gasteiger charge is -2.23. The fourth-order valence-corrected chi connectivity index (χ4v) is 3.32. The van der Waals surface area contributed by atoms with E-state index >= 15 is 0 Å². The van der Waals surface area contributed by atoms with Crippen molar-refractivity contribution in [3.05, 3.63) is 65.2 Å². The van der Waals surface area contributed by atoms with Gasteiger partial charge in [-0.1, -0.05) is 36.4 Å². The Balaban J connectivity index is 0.00000364. The lowest BCUT2D eigenvalue weighted by atomic mass is 10.1. The Hall–Kier alpha value is -1.65. The summed E-state index contributed by atoms with van der Waals surface area (Å²) in [6.45, 7) is 3.41. The Kier molecular flexibility index (Phi) is 9.20. The maximum Gasteiger partial charge on any atom is 0.240 e. The molecule has 2 aromatic carbocycles. The summed E-state index contributed by atoms with van der Waals surface area (Å²) in [6.07, 6.45) is 0. The van der Waals surface area contributed by atoms with Gasteiger partial charge in [-0.2, -0.15) is 0 Å². The smallest absolute Gasteiger partial charge is 0.240 e. The van der Waals surface area contributed by atoms with Crippen LogP contribution in [0.15, 0.2) is 58.4 Å². The summed E-state index contributed by atoms with van der Waals surface area (Å²) in [5, 5.41) is 3.31. The van der Waals surface area contributed by atoms with Gasteiger partial charge < -0.3 is 10.2 Å². The van der Waals surface area contributed by atoms with Crippen molar-refractivity contribution in [1.82, 2.24) is 14.9 Å². The standard InChI is InChI=1S/C19H26N4O2S.HI/c1-15-7-5-6-8-17(15)14-23(4)19(20-2)22-13-16-9-11-18(12-10-16)26(24,25)21-3;/h5-12,21H,13-14H2,1-4H3,(H,20,22);1H. The van der Waals surface area contributed by atoms with E-state index in [0.29, 0.717) is 6.54 Å². The highest BCUT2D eigenvalue weighted by Crippen LogP contribution is 2.11. The van der Waals surface area contributed by atoms with Crippen LogP contribution in [0.5, 0.6) is 0 Å². The van der Waals surface area contributed by atoms with E-state index in [1.807, 2.05) is 19.2 Å². The highest BCUT2D eigenvalue weighted by atomic mass is 127. The SMILES string of the molecule is CN=C(NCc1ccc(S(=O)(=O)NC)cc1)N(C)Cc1ccccc1C.I. The molecular formula is C19H27IN4O2S. The Morgan fingerprint density at radius 2 is 1.74 bits per heavy atom. The number of guanidine groups is 1. The third-order valence-electron chi connectivity index (χ3n) is 4.20. The minimum absolute atomic E-state index is 0. The van der Waals surface area contributed by atoms with Crippen molar-refractivity contribution in [3.63, 3.8) is 0 Å². The molecule has 2 rings (SSSR count). The monoisotopic (exact) mass is 502 g/mol. The van der Waals surface area contributed by atoms with E-state index in [1.54, 1.807) is 31.3 Å². The first kappa shape index (κ1) is 23.4. The van der Waals surface area contributed by atoms with Gasteiger partial charge in [0, 0.05) is 27.2 Å². The number of nitrogens with one attached hydrogen (secondary N) is 2. The van der Waals surface area contributed by atoms with Gasteiger partial charge in [-0.25, -0.2) is 13.1 Å². The summed E-state index contributed by atoms with van der Waals surface area (Å²) < 4.78 is 25.8. The van der Waals surface area contributed by atoms with Gasteiger partial charge >= 0.3 is 0 Å². The molecule has 148 valence electrons. The van der Waals surface area contributed by atoms with Crippen molar-refractivity contribution < 1.29 is 8.42 Å². The normalized spacial score (nSPS) is 11.6. The van der Waals surface area contributed by atoms with Crippen molar-refractivity contribution in [3.8, 4) is 0 Å². The number of nitrogens with zero attached hydrogens (tertiary/aromatic N) is 2. The largest absolute Gasteiger partial charge is 0.352 e.